The maximum Gasteiger partial charge on any atom is 1.00 e. The molecule has 0 radical (unpaired) electrons. The Balaban J connectivity index is 0. The summed E-state index contributed by atoms with van der Waals surface area (Å²) in [7, 11) is 0. The van der Waals surface area contributed by atoms with Crippen LogP contribution in [0.3, 0.4) is 0 Å². The van der Waals surface area contributed by atoms with Crippen molar-refractivity contribution in [2.75, 3.05) is 0 Å². The van der Waals surface area contributed by atoms with Gasteiger partial charge in [0.2, 0.25) is 0 Å². The SMILES string of the molecule is O.O.O.O.O.[H-].[H-].[H-].[H-].[Na+].[Na+].[Na+].[Na+]. The van der Waals surface area contributed by atoms with Crippen molar-refractivity contribution in [3.05, 3.63) is 0 Å². The van der Waals surface area contributed by atoms with Gasteiger partial charge in [0, 0.05) is 0 Å². The van der Waals surface area contributed by atoms with E-state index in [-0.39, 0.29) is 151 Å². The Morgan fingerprint density at radius 1 is 0.333 bits per heavy atom. The minimum Gasteiger partial charge on any atom is -1.00 e. The third-order valence-electron chi connectivity index (χ3n) is 0. The Labute approximate surface area is 148 Å². The molecule has 0 unspecified atom stereocenters. The van der Waals surface area contributed by atoms with Crippen LogP contribution in [0.2, 0.25) is 0 Å². The Morgan fingerprint density at radius 2 is 0.333 bits per heavy atom. The van der Waals surface area contributed by atoms with Crippen molar-refractivity contribution in [3.8, 4) is 0 Å². The second kappa shape index (κ2) is 95.3. The van der Waals surface area contributed by atoms with Crippen molar-refractivity contribution in [1.82, 2.24) is 0 Å². The minimum absolute atomic E-state index is 0. The maximum atomic E-state index is 0. The molecule has 0 aromatic rings. The summed E-state index contributed by atoms with van der Waals surface area (Å²) in [5, 5.41) is 0. The van der Waals surface area contributed by atoms with E-state index in [1.54, 1.807) is 0 Å². The summed E-state index contributed by atoms with van der Waals surface area (Å²) in [6.07, 6.45) is 0. The summed E-state index contributed by atoms with van der Waals surface area (Å²) in [6, 6.07) is 0. The van der Waals surface area contributed by atoms with Gasteiger partial charge in [0.05, 0.1) is 0 Å². The number of hydrogen-bond acceptors (Lipinski definition) is 0. The molecule has 5 nitrogen and oxygen atoms in total. The molecule has 0 rings (SSSR count). The molecule has 9 heavy (non-hydrogen) atoms. The molecule has 0 spiro atoms. The normalized spacial score (nSPS) is 0. The van der Waals surface area contributed by atoms with E-state index in [9.17, 15) is 0 Å². The first-order valence-electron chi connectivity index (χ1n) is 0. The van der Waals surface area contributed by atoms with Gasteiger partial charge in [0.15, 0.2) is 0 Å². The Kier molecular flexibility index (Phi) is 1310. The average Bonchev–Trinajstić information content (AvgIpc) is 0. The van der Waals surface area contributed by atoms with E-state index in [4.69, 9.17) is 0 Å². The topological polar surface area (TPSA) is 158 Å². The van der Waals surface area contributed by atoms with Gasteiger partial charge < -0.3 is 33.1 Å². The van der Waals surface area contributed by atoms with Gasteiger partial charge in [-0.2, -0.15) is 0 Å². The summed E-state index contributed by atoms with van der Waals surface area (Å²) >= 11 is 0. The third kappa shape index (κ3) is 78.5. The van der Waals surface area contributed by atoms with Gasteiger partial charge in [-0.25, -0.2) is 0 Å². The summed E-state index contributed by atoms with van der Waals surface area (Å²) in [4.78, 5) is 0. The van der Waals surface area contributed by atoms with Crippen molar-refractivity contribution in [1.29, 1.82) is 0 Å². The summed E-state index contributed by atoms with van der Waals surface area (Å²) in [5.74, 6) is 0. The van der Waals surface area contributed by atoms with Crippen LogP contribution in [0.5, 0.6) is 0 Å². The molecular weight excluding hydrogens is 172 g/mol. The molecule has 0 saturated heterocycles. The fourth-order valence-electron chi connectivity index (χ4n) is 0. The van der Waals surface area contributed by atoms with Crippen molar-refractivity contribution in [3.63, 3.8) is 0 Å². The molecule has 0 aliphatic heterocycles. The molecule has 48 valence electrons. The molecule has 0 fully saturated rings. The van der Waals surface area contributed by atoms with Gasteiger partial charge >= 0.3 is 118 Å². The van der Waals surface area contributed by atoms with Crippen LogP contribution in [-0.2, 0) is 0 Å². The van der Waals surface area contributed by atoms with Crippen LogP contribution in [0.25, 0.3) is 0 Å². The molecular formula is H14Na4O5. The molecule has 0 atom stereocenters. The Hall–Kier alpha value is 3.80. The third-order valence-corrected chi connectivity index (χ3v) is 0. The molecule has 0 saturated carbocycles. The van der Waals surface area contributed by atoms with E-state index in [1.165, 1.54) is 0 Å². The van der Waals surface area contributed by atoms with Crippen LogP contribution in [0, 0.1) is 0 Å². The molecule has 0 aromatic heterocycles. The summed E-state index contributed by atoms with van der Waals surface area (Å²) < 4.78 is 0. The fraction of sp³-hybridized carbons (Fsp3) is 0. The van der Waals surface area contributed by atoms with Gasteiger partial charge in [-0.05, 0) is 0 Å². The first kappa shape index (κ1) is 123. The Bertz CT molecular complexity index is 20.5. The van der Waals surface area contributed by atoms with Crippen LogP contribution in [-0.4, -0.2) is 27.4 Å². The predicted molar refractivity (Wildman–Crippen MR) is 22.5 cm³/mol. The maximum absolute atomic E-state index is 0. The van der Waals surface area contributed by atoms with Crippen LogP contribution >= 0.6 is 0 Å². The van der Waals surface area contributed by atoms with Crippen molar-refractivity contribution in [2.24, 2.45) is 0 Å². The summed E-state index contributed by atoms with van der Waals surface area (Å²) in [6.45, 7) is 0. The smallest absolute Gasteiger partial charge is 1.00 e. The van der Waals surface area contributed by atoms with Gasteiger partial charge in [0.25, 0.3) is 0 Å². The van der Waals surface area contributed by atoms with Crippen molar-refractivity contribution >= 4 is 0 Å². The van der Waals surface area contributed by atoms with Crippen LogP contribution in [0.1, 0.15) is 5.71 Å². The zero-order valence-electron chi connectivity index (χ0n) is 10.5. The fourth-order valence-corrected chi connectivity index (χ4v) is 0. The van der Waals surface area contributed by atoms with E-state index in [0.29, 0.717) is 0 Å². The molecule has 0 aromatic carbocycles. The van der Waals surface area contributed by atoms with Gasteiger partial charge in [0.1, 0.15) is 0 Å². The molecule has 0 aliphatic carbocycles. The second-order valence-electron chi connectivity index (χ2n) is 0. The molecule has 10 N–H and O–H groups in total. The molecule has 0 bridgehead atoms. The molecule has 0 heterocycles. The van der Waals surface area contributed by atoms with Gasteiger partial charge in [-0.1, -0.05) is 0 Å². The predicted octanol–water partition coefficient (Wildman–Crippen LogP) is -15.7. The first-order valence-corrected chi connectivity index (χ1v) is 0. The second-order valence-corrected chi connectivity index (χ2v) is 0. The van der Waals surface area contributed by atoms with Crippen molar-refractivity contribution < 1.29 is 151 Å². The minimum atomic E-state index is 0. The van der Waals surface area contributed by atoms with E-state index < -0.39 is 0 Å². The molecule has 9 heteroatoms. The van der Waals surface area contributed by atoms with Gasteiger partial charge in [-0.15, -0.1) is 0 Å². The number of hydrogen-bond donors (Lipinski definition) is 0. The van der Waals surface area contributed by atoms with Crippen LogP contribution in [0.15, 0.2) is 0 Å². The molecule has 0 amide bonds. The van der Waals surface area contributed by atoms with Gasteiger partial charge in [-0.3, -0.25) is 0 Å². The summed E-state index contributed by atoms with van der Waals surface area (Å²) in [5.41, 5.74) is 0. The first-order chi connectivity index (χ1) is 0. The van der Waals surface area contributed by atoms with Crippen LogP contribution in [0.4, 0.5) is 0 Å². The standard InChI is InChI=1S/4Na.5H2O.4H/h;;;;5*1H2;;;;/q4*+1;;;;;;4*-1. The zero-order valence-corrected chi connectivity index (χ0v) is 14.5. The largest absolute Gasteiger partial charge is 1.00 e. The van der Waals surface area contributed by atoms with E-state index in [1.807, 2.05) is 0 Å². The zero-order chi connectivity index (χ0) is 0. The number of rotatable bonds is 0. The van der Waals surface area contributed by atoms with E-state index >= 15 is 0 Å². The van der Waals surface area contributed by atoms with Crippen LogP contribution < -0.4 is 118 Å². The monoisotopic (exact) mass is 186 g/mol. The van der Waals surface area contributed by atoms with E-state index in [2.05, 4.69) is 0 Å². The molecule has 0 aliphatic rings. The average molecular weight is 186 g/mol. The van der Waals surface area contributed by atoms with E-state index in [0.717, 1.165) is 0 Å². The van der Waals surface area contributed by atoms with Crippen molar-refractivity contribution in [2.45, 2.75) is 0 Å². The quantitative estimate of drug-likeness (QED) is 0.329. The Morgan fingerprint density at radius 3 is 0.333 bits per heavy atom.